The second kappa shape index (κ2) is 6.69. The number of carboxylic acid groups (broad SMARTS) is 1. The third kappa shape index (κ3) is 3.21. The number of rotatable bonds is 4. The van der Waals surface area contributed by atoms with Crippen molar-refractivity contribution in [2.45, 2.75) is 13.5 Å². The van der Waals surface area contributed by atoms with Gasteiger partial charge >= 0.3 is 12.1 Å². The van der Waals surface area contributed by atoms with Crippen LogP contribution in [0.4, 0.5) is 10.7 Å². The average Bonchev–Trinajstić information content (AvgIpc) is 2.97. The number of aromatic nitrogens is 4. The number of fused-ring (bicyclic) bond motifs is 1. The number of nitrogens with zero attached hydrogens (tertiary/aromatic N) is 6. The lowest BCUT2D eigenvalue weighted by Gasteiger charge is -2.32. The molecule has 0 radical (unpaired) electrons. The van der Waals surface area contributed by atoms with Crippen molar-refractivity contribution in [3.63, 3.8) is 0 Å². The number of esters is 1. The van der Waals surface area contributed by atoms with Crippen LogP contribution in [0.5, 0.6) is 0 Å². The second-order valence-corrected chi connectivity index (χ2v) is 5.31. The molecule has 10 heteroatoms. The van der Waals surface area contributed by atoms with Crippen molar-refractivity contribution in [2.24, 2.45) is 0 Å². The van der Waals surface area contributed by atoms with E-state index in [-0.39, 0.29) is 12.5 Å². The Balaban J connectivity index is 1.73. The van der Waals surface area contributed by atoms with E-state index in [1.165, 1.54) is 11.2 Å². The van der Waals surface area contributed by atoms with Crippen molar-refractivity contribution < 1.29 is 19.4 Å². The summed E-state index contributed by atoms with van der Waals surface area (Å²) in [5, 5.41) is 8.97. The first kappa shape index (κ1) is 16.0. The first-order chi connectivity index (χ1) is 11.6. The Morgan fingerprint density at radius 3 is 2.67 bits per heavy atom. The highest BCUT2D eigenvalue weighted by molar-refractivity contribution is 5.75. The van der Waals surface area contributed by atoms with Crippen molar-refractivity contribution >= 4 is 29.2 Å². The molecule has 1 amide bonds. The third-order valence-electron chi connectivity index (χ3n) is 3.80. The van der Waals surface area contributed by atoms with Crippen LogP contribution in [0.15, 0.2) is 12.5 Å². The topological polar surface area (TPSA) is 114 Å². The Hall–Kier alpha value is -2.91. The molecule has 0 unspecified atom stereocenters. The molecule has 1 fully saturated rings. The van der Waals surface area contributed by atoms with Crippen LogP contribution in [0, 0.1) is 0 Å². The van der Waals surface area contributed by atoms with Gasteiger partial charge in [0.15, 0.2) is 5.65 Å². The fraction of sp³-hybridized carbons (Fsp3) is 0.500. The van der Waals surface area contributed by atoms with E-state index in [0.717, 1.165) is 0 Å². The number of hydrogen-bond acceptors (Lipinski definition) is 7. The highest BCUT2D eigenvalue weighted by atomic mass is 16.5. The molecular weight excluding hydrogens is 316 g/mol. The molecular formula is C14H18N6O4. The van der Waals surface area contributed by atoms with Crippen LogP contribution in [-0.4, -0.2) is 74.4 Å². The van der Waals surface area contributed by atoms with Crippen LogP contribution < -0.4 is 4.90 Å². The van der Waals surface area contributed by atoms with Gasteiger partial charge in [0, 0.05) is 26.2 Å². The lowest BCUT2D eigenvalue weighted by molar-refractivity contribution is -0.143. The molecule has 3 rings (SSSR count). The number of imidazole rings is 1. The molecule has 1 N–H and O–H groups in total. The summed E-state index contributed by atoms with van der Waals surface area (Å²) in [7, 11) is 0. The number of hydrogen-bond donors (Lipinski definition) is 1. The van der Waals surface area contributed by atoms with Gasteiger partial charge < -0.3 is 24.2 Å². The fourth-order valence-corrected chi connectivity index (χ4v) is 2.56. The fourth-order valence-electron chi connectivity index (χ4n) is 2.56. The maximum absolute atomic E-state index is 11.6. The van der Waals surface area contributed by atoms with E-state index >= 15 is 0 Å². The van der Waals surface area contributed by atoms with Gasteiger partial charge in [0.05, 0.1) is 19.1 Å². The monoisotopic (exact) mass is 334 g/mol. The van der Waals surface area contributed by atoms with Crippen LogP contribution in [0.3, 0.4) is 0 Å². The minimum Gasteiger partial charge on any atom is -0.465 e. The number of carbonyl (C=O) groups is 2. The van der Waals surface area contributed by atoms with E-state index in [0.29, 0.717) is 49.9 Å². The van der Waals surface area contributed by atoms with E-state index in [1.54, 1.807) is 17.7 Å². The highest BCUT2D eigenvalue weighted by Gasteiger charge is 2.22. The van der Waals surface area contributed by atoms with Gasteiger partial charge in [-0.15, -0.1) is 0 Å². The standard InChI is InChI=1S/C14H18N6O4/c1-2-24-11(21)8-20-9-16-12-10(20)7-15-13(17-12)18-3-5-19(6-4-18)14(22)23/h7,9H,2-6,8H2,1H3,(H,22,23). The first-order valence-corrected chi connectivity index (χ1v) is 7.64. The third-order valence-corrected chi connectivity index (χ3v) is 3.80. The van der Waals surface area contributed by atoms with Gasteiger partial charge in [-0.3, -0.25) is 4.79 Å². The zero-order chi connectivity index (χ0) is 17.1. The molecule has 0 bridgehead atoms. The normalized spacial score (nSPS) is 14.9. The van der Waals surface area contributed by atoms with Gasteiger partial charge in [-0.05, 0) is 6.92 Å². The molecule has 10 nitrogen and oxygen atoms in total. The van der Waals surface area contributed by atoms with Crippen LogP contribution in [0.2, 0.25) is 0 Å². The lowest BCUT2D eigenvalue weighted by Crippen LogP contribution is -2.48. The number of ether oxygens (including phenoxy) is 1. The van der Waals surface area contributed by atoms with E-state index in [4.69, 9.17) is 9.84 Å². The van der Waals surface area contributed by atoms with Gasteiger partial charge in [-0.1, -0.05) is 0 Å². The van der Waals surface area contributed by atoms with Gasteiger partial charge in [0.1, 0.15) is 12.1 Å². The highest BCUT2D eigenvalue weighted by Crippen LogP contribution is 2.16. The van der Waals surface area contributed by atoms with Crippen LogP contribution in [-0.2, 0) is 16.1 Å². The molecule has 1 aliphatic heterocycles. The molecule has 24 heavy (non-hydrogen) atoms. The summed E-state index contributed by atoms with van der Waals surface area (Å²) in [6, 6.07) is 0. The molecule has 0 aliphatic carbocycles. The Bertz CT molecular complexity index is 753. The molecule has 0 saturated carbocycles. The summed E-state index contributed by atoms with van der Waals surface area (Å²) < 4.78 is 6.56. The Morgan fingerprint density at radius 2 is 2.00 bits per heavy atom. The maximum Gasteiger partial charge on any atom is 0.407 e. The summed E-state index contributed by atoms with van der Waals surface area (Å²) in [5.41, 5.74) is 1.14. The minimum absolute atomic E-state index is 0.0599. The number of anilines is 1. The molecule has 1 aliphatic rings. The van der Waals surface area contributed by atoms with Crippen molar-refractivity contribution in [1.29, 1.82) is 0 Å². The summed E-state index contributed by atoms with van der Waals surface area (Å²) in [6.07, 6.45) is 2.24. The second-order valence-electron chi connectivity index (χ2n) is 5.31. The van der Waals surface area contributed by atoms with Gasteiger partial charge in [0.2, 0.25) is 5.95 Å². The number of carbonyl (C=O) groups excluding carboxylic acids is 1. The van der Waals surface area contributed by atoms with Crippen molar-refractivity contribution in [3.05, 3.63) is 12.5 Å². The minimum atomic E-state index is -0.913. The average molecular weight is 334 g/mol. The smallest absolute Gasteiger partial charge is 0.407 e. The van der Waals surface area contributed by atoms with Crippen LogP contribution >= 0.6 is 0 Å². The van der Waals surface area contributed by atoms with Crippen molar-refractivity contribution in [3.8, 4) is 0 Å². The van der Waals surface area contributed by atoms with E-state index in [2.05, 4.69) is 15.0 Å². The zero-order valence-corrected chi connectivity index (χ0v) is 13.3. The van der Waals surface area contributed by atoms with Gasteiger partial charge in [0.25, 0.3) is 0 Å². The largest absolute Gasteiger partial charge is 0.465 e. The van der Waals surface area contributed by atoms with E-state index in [1.807, 2.05) is 4.90 Å². The van der Waals surface area contributed by atoms with Crippen LogP contribution in [0.1, 0.15) is 6.92 Å². The van der Waals surface area contributed by atoms with Gasteiger partial charge in [-0.25, -0.2) is 14.8 Å². The molecule has 2 aromatic heterocycles. The number of piperazine rings is 1. The van der Waals surface area contributed by atoms with Crippen LogP contribution in [0.25, 0.3) is 11.2 Å². The van der Waals surface area contributed by atoms with E-state index in [9.17, 15) is 9.59 Å². The summed E-state index contributed by atoms with van der Waals surface area (Å²) in [5.74, 6) is 0.166. The van der Waals surface area contributed by atoms with Gasteiger partial charge in [-0.2, -0.15) is 4.98 Å². The summed E-state index contributed by atoms with van der Waals surface area (Å²) >= 11 is 0. The molecule has 128 valence electrons. The Morgan fingerprint density at radius 1 is 1.25 bits per heavy atom. The molecule has 0 aromatic carbocycles. The molecule has 0 atom stereocenters. The number of amides is 1. The molecule has 1 saturated heterocycles. The Labute approximate surface area is 137 Å². The zero-order valence-electron chi connectivity index (χ0n) is 13.3. The van der Waals surface area contributed by atoms with E-state index < -0.39 is 6.09 Å². The maximum atomic E-state index is 11.6. The van der Waals surface area contributed by atoms with Crippen molar-refractivity contribution in [1.82, 2.24) is 24.4 Å². The summed E-state index contributed by atoms with van der Waals surface area (Å²) in [6.45, 7) is 4.02. The first-order valence-electron chi connectivity index (χ1n) is 7.64. The summed E-state index contributed by atoms with van der Waals surface area (Å²) in [4.78, 5) is 38.7. The lowest BCUT2D eigenvalue weighted by atomic mass is 10.3. The van der Waals surface area contributed by atoms with Crippen molar-refractivity contribution in [2.75, 3.05) is 37.7 Å². The quantitative estimate of drug-likeness (QED) is 0.788. The Kier molecular flexibility index (Phi) is 4.45. The SMILES string of the molecule is CCOC(=O)Cn1cnc2nc(N3CCN(C(=O)O)CC3)ncc21. The molecule has 3 heterocycles. The predicted octanol–water partition coefficient (Wildman–Crippen LogP) is 0.189. The predicted molar refractivity (Wildman–Crippen MR) is 83.8 cm³/mol. The molecule has 2 aromatic rings. The molecule has 0 spiro atoms.